The Balaban J connectivity index is 2.40. The van der Waals surface area contributed by atoms with Gasteiger partial charge in [-0.15, -0.1) is 0 Å². The van der Waals surface area contributed by atoms with Gasteiger partial charge in [0.1, 0.15) is 29.2 Å². The van der Waals surface area contributed by atoms with Crippen molar-refractivity contribution in [3.63, 3.8) is 0 Å². The van der Waals surface area contributed by atoms with Gasteiger partial charge < -0.3 is 4.74 Å². The van der Waals surface area contributed by atoms with Gasteiger partial charge in [0, 0.05) is 6.07 Å². The highest BCUT2D eigenvalue weighted by Gasteiger charge is 2.08. The van der Waals surface area contributed by atoms with Gasteiger partial charge >= 0.3 is 0 Å². The molecular formula is C14H9F2NO. The van der Waals surface area contributed by atoms with E-state index in [1.807, 2.05) is 6.07 Å². The molecule has 0 aliphatic carbocycles. The quantitative estimate of drug-likeness (QED) is 0.802. The van der Waals surface area contributed by atoms with E-state index in [9.17, 15) is 8.78 Å². The molecule has 0 atom stereocenters. The van der Waals surface area contributed by atoms with Gasteiger partial charge in [-0.3, -0.25) is 0 Å². The van der Waals surface area contributed by atoms with Gasteiger partial charge in [0.05, 0.1) is 5.56 Å². The van der Waals surface area contributed by atoms with E-state index in [4.69, 9.17) is 10.00 Å². The molecule has 0 radical (unpaired) electrons. The van der Waals surface area contributed by atoms with Crippen molar-refractivity contribution in [2.24, 2.45) is 0 Å². The predicted octanol–water partition coefficient (Wildman–Crippen LogP) is 3.94. The molecule has 0 unspecified atom stereocenters. The van der Waals surface area contributed by atoms with Crippen LogP contribution in [0, 0.1) is 29.9 Å². The summed E-state index contributed by atoms with van der Waals surface area (Å²) in [7, 11) is 0. The SMILES string of the molecule is Cc1ccc(F)cc1Oc1ccc(F)cc1C#N. The van der Waals surface area contributed by atoms with Crippen molar-refractivity contribution < 1.29 is 13.5 Å². The lowest BCUT2D eigenvalue weighted by Crippen LogP contribution is -1.92. The summed E-state index contributed by atoms with van der Waals surface area (Å²) in [6, 6.07) is 9.55. The summed E-state index contributed by atoms with van der Waals surface area (Å²) in [4.78, 5) is 0. The maximum Gasteiger partial charge on any atom is 0.145 e. The van der Waals surface area contributed by atoms with Gasteiger partial charge in [-0.2, -0.15) is 5.26 Å². The third-order valence-corrected chi connectivity index (χ3v) is 2.43. The molecular weight excluding hydrogens is 236 g/mol. The fraction of sp³-hybridized carbons (Fsp3) is 0.0714. The highest BCUT2D eigenvalue weighted by Crippen LogP contribution is 2.28. The van der Waals surface area contributed by atoms with Crippen LogP contribution < -0.4 is 4.74 Å². The van der Waals surface area contributed by atoms with E-state index in [0.29, 0.717) is 5.75 Å². The summed E-state index contributed by atoms with van der Waals surface area (Å²) < 4.78 is 31.5. The van der Waals surface area contributed by atoms with Crippen LogP contribution in [0.15, 0.2) is 36.4 Å². The minimum absolute atomic E-state index is 0.0682. The Morgan fingerprint density at radius 3 is 2.39 bits per heavy atom. The second kappa shape index (κ2) is 4.84. The second-order valence-corrected chi connectivity index (χ2v) is 3.76. The minimum atomic E-state index is -0.519. The van der Waals surface area contributed by atoms with E-state index in [1.165, 1.54) is 24.3 Å². The summed E-state index contributed by atoms with van der Waals surface area (Å²) in [5, 5.41) is 8.87. The molecule has 0 heterocycles. The Hall–Kier alpha value is -2.41. The average molecular weight is 245 g/mol. The maximum absolute atomic E-state index is 13.1. The lowest BCUT2D eigenvalue weighted by Gasteiger charge is -2.09. The third-order valence-electron chi connectivity index (χ3n) is 2.43. The Morgan fingerprint density at radius 1 is 1.00 bits per heavy atom. The summed E-state index contributed by atoms with van der Waals surface area (Å²) >= 11 is 0. The van der Waals surface area contributed by atoms with Crippen LogP contribution in [0.1, 0.15) is 11.1 Å². The first-order valence-corrected chi connectivity index (χ1v) is 5.24. The van der Waals surface area contributed by atoms with Crippen molar-refractivity contribution in [3.8, 4) is 17.6 Å². The van der Waals surface area contributed by atoms with Crippen LogP contribution in [0.5, 0.6) is 11.5 Å². The smallest absolute Gasteiger partial charge is 0.145 e. The van der Waals surface area contributed by atoms with Crippen molar-refractivity contribution in [2.75, 3.05) is 0 Å². The normalized spacial score (nSPS) is 9.89. The van der Waals surface area contributed by atoms with Gasteiger partial charge in [0.15, 0.2) is 0 Å². The van der Waals surface area contributed by atoms with Gasteiger partial charge in [0.25, 0.3) is 0 Å². The Labute approximate surface area is 103 Å². The van der Waals surface area contributed by atoms with Crippen molar-refractivity contribution in [1.82, 2.24) is 0 Å². The van der Waals surface area contributed by atoms with Gasteiger partial charge in [0.2, 0.25) is 0 Å². The summed E-state index contributed by atoms with van der Waals surface area (Å²) in [5.41, 5.74) is 0.795. The molecule has 0 saturated heterocycles. The first-order chi connectivity index (χ1) is 8.60. The first-order valence-electron chi connectivity index (χ1n) is 5.24. The molecule has 0 spiro atoms. The summed E-state index contributed by atoms with van der Waals surface area (Å²) in [5.74, 6) is -0.447. The zero-order valence-corrected chi connectivity index (χ0v) is 9.58. The summed E-state index contributed by atoms with van der Waals surface area (Å²) in [6.07, 6.45) is 0. The largest absolute Gasteiger partial charge is 0.456 e. The number of hydrogen-bond donors (Lipinski definition) is 0. The molecule has 2 rings (SSSR count). The van der Waals surface area contributed by atoms with Crippen LogP contribution in [0.3, 0.4) is 0 Å². The number of halogens is 2. The number of nitrogens with zero attached hydrogens (tertiary/aromatic N) is 1. The van der Waals surface area contributed by atoms with Crippen LogP contribution >= 0.6 is 0 Å². The maximum atomic E-state index is 13.1. The molecule has 2 aromatic rings. The lowest BCUT2D eigenvalue weighted by atomic mass is 10.2. The molecule has 0 saturated carbocycles. The van der Waals surface area contributed by atoms with E-state index >= 15 is 0 Å². The van der Waals surface area contributed by atoms with Crippen LogP contribution in [0.25, 0.3) is 0 Å². The monoisotopic (exact) mass is 245 g/mol. The fourth-order valence-corrected chi connectivity index (χ4v) is 1.48. The molecule has 2 nitrogen and oxygen atoms in total. The molecule has 0 aromatic heterocycles. The number of benzene rings is 2. The van der Waals surface area contributed by atoms with Crippen molar-refractivity contribution >= 4 is 0 Å². The number of hydrogen-bond acceptors (Lipinski definition) is 2. The number of ether oxygens (including phenoxy) is 1. The highest BCUT2D eigenvalue weighted by molar-refractivity contribution is 5.46. The third kappa shape index (κ3) is 2.46. The molecule has 0 aliphatic heterocycles. The van der Waals surface area contributed by atoms with Crippen molar-refractivity contribution in [2.45, 2.75) is 6.92 Å². The van der Waals surface area contributed by atoms with Crippen LogP contribution in [0.4, 0.5) is 8.78 Å². The Kier molecular flexibility index (Phi) is 3.24. The van der Waals surface area contributed by atoms with Gasteiger partial charge in [-0.05, 0) is 36.8 Å². The van der Waals surface area contributed by atoms with Crippen LogP contribution in [-0.2, 0) is 0 Å². The van der Waals surface area contributed by atoms with Crippen molar-refractivity contribution in [3.05, 3.63) is 59.2 Å². The first kappa shape index (κ1) is 12.1. The van der Waals surface area contributed by atoms with E-state index in [2.05, 4.69) is 0 Å². The fourth-order valence-electron chi connectivity index (χ4n) is 1.48. The lowest BCUT2D eigenvalue weighted by molar-refractivity contribution is 0.469. The standard InChI is InChI=1S/C14H9F2NO/c1-9-2-3-12(16)7-14(9)18-13-5-4-11(15)6-10(13)8-17/h2-7H,1H3. The van der Waals surface area contributed by atoms with Gasteiger partial charge in [-0.1, -0.05) is 6.07 Å². The Morgan fingerprint density at radius 2 is 1.67 bits per heavy atom. The molecule has 0 N–H and O–H groups in total. The topological polar surface area (TPSA) is 33.0 Å². The highest BCUT2D eigenvalue weighted by atomic mass is 19.1. The van der Waals surface area contributed by atoms with E-state index in [-0.39, 0.29) is 11.3 Å². The van der Waals surface area contributed by atoms with E-state index in [1.54, 1.807) is 13.0 Å². The van der Waals surface area contributed by atoms with E-state index in [0.717, 1.165) is 11.6 Å². The molecule has 4 heteroatoms. The summed E-state index contributed by atoms with van der Waals surface area (Å²) in [6.45, 7) is 1.75. The van der Waals surface area contributed by atoms with Gasteiger partial charge in [-0.25, -0.2) is 8.78 Å². The molecule has 18 heavy (non-hydrogen) atoms. The molecule has 0 aliphatic rings. The molecule has 90 valence electrons. The van der Waals surface area contributed by atoms with Crippen LogP contribution in [-0.4, -0.2) is 0 Å². The zero-order valence-electron chi connectivity index (χ0n) is 9.58. The van der Waals surface area contributed by atoms with E-state index < -0.39 is 11.6 Å². The number of aryl methyl sites for hydroxylation is 1. The van der Waals surface area contributed by atoms with Crippen LogP contribution in [0.2, 0.25) is 0 Å². The molecule has 0 bridgehead atoms. The zero-order chi connectivity index (χ0) is 13.1. The molecule has 0 fully saturated rings. The molecule has 2 aromatic carbocycles. The minimum Gasteiger partial charge on any atom is -0.456 e. The second-order valence-electron chi connectivity index (χ2n) is 3.76. The number of rotatable bonds is 2. The number of nitriles is 1. The molecule has 0 amide bonds. The van der Waals surface area contributed by atoms with Crippen molar-refractivity contribution in [1.29, 1.82) is 5.26 Å². The average Bonchev–Trinajstić information content (AvgIpc) is 2.36. The predicted molar refractivity (Wildman–Crippen MR) is 62.3 cm³/mol. The Bertz CT molecular complexity index is 632.